The van der Waals surface area contributed by atoms with Crippen molar-refractivity contribution < 1.29 is 18.0 Å². The van der Waals surface area contributed by atoms with Gasteiger partial charge in [0.15, 0.2) is 0 Å². The van der Waals surface area contributed by atoms with Gasteiger partial charge in [-0.2, -0.15) is 8.42 Å². The lowest BCUT2D eigenvalue weighted by atomic mass is 10.1. The van der Waals surface area contributed by atoms with E-state index in [-0.39, 0.29) is 38.6 Å². The summed E-state index contributed by atoms with van der Waals surface area (Å²) in [5, 5.41) is 12.6. The molecule has 2 aromatic rings. The predicted molar refractivity (Wildman–Crippen MR) is 103 cm³/mol. The zero-order chi connectivity index (χ0) is 20.2. The van der Waals surface area contributed by atoms with E-state index >= 15 is 0 Å². The van der Waals surface area contributed by atoms with Gasteiger partial charge in [-0.15, -0.1) is 10.2 Å². The monoisotopic (exact) mass is 411 g/mol. The van der Waals surface area contributed by atoms with E-state index in [0.717, 1.165) is 11.3 Å². The van der Waals surface area contributed by atoms with Crippen molar-refractivity contribution in [2.45, 2.75) is 38.1 Å². The highest BCUT2D eigenvalue weighted by Crippen LogP contribution is 2.24. The molecule has 2 amide bonds. The van der Waals surface area contributed by atoms with Gasteiger partial charge in [-0.3, -0.25) is 14.3 Å². The highest BCUT2D eigenvalue weighted by atomic mass is 32.2. The SMILES string of the molecule is CC(C)NC(=O)c1ccccc1NS(=O)(=O)c1nnc(NC(=O)C(C)C)s1. The van der Waals surface area contributed by atoms with Gasteiger partial charge in [0.1, 0.15) is 0 Å². The second-order valence-electron chi connectivity index (χ2n) is 6.30. The van der Waals surface area contributed by atoms with Crippen molar-refractivity contribution in [3.8, 4) is 0 Å². The minimum Gasteiger partial charge on any atom is -0.350 e. The number of hydrogen-bond acceptors (Lipinski definition) is 7. The Morgan fingerprint density at radius 1 is 1.07 bits per heavy atom. The van der Waals surface area contributed by atoms with E-state index in [2.05, 4.69) is 25.6 Å². The summed E-state index contributed by atoms with van der Waals surface area (Å²) >= 11 is 0.725. The molecule has 1 heterocycles. The molecular weight excluding hydrogens is 390 g/mol. The number of nitrogens with one attached hydrogen (secondary N) is 3. The summed E-state index contributed by atoms with van der Waals surface area (Å²) in [4.78, 5) is 24.0. The summed E-state index contributed by atoms with van der Waals surface area (Å²) in [6.07, 6.45) is 0. The average Bonchev–Trinajstić information content (AvgIpc) is 3.03. The Labute approximate surface area is 161 Å². The molecule has 0 bridgehead atoms. The van der Waals surface area contributed by atoms with Crippen LogP contribution in [-0.4, -0.2) is 36.5 Å². The van der Waals surface area contributed by atoms with E-state index in [1.54, 1.807) is 39.8 Å². The van der Waals surface area contributed by atoms with Crippen molar-refractivity contribution in [3.05, 3.63) is 29.8 Å². The molecule has 1 aromatic carbocycles. The summed E-state index contributed by atoms with van der Waals surface area (Å²) in [5.74, 6) is -0.970. The lowest BCUT2D eigenvalue weighted by Crippen LogP contribution is -2.31. The molecule has 9 nitrogen and oxygen atoms in total. The van der Waals surface area contributed by atoms with Gasteiger partial charge in [-0.1, -0.05) is 37.3 Å². The molecule has 0 aliphatic carbocycles. The Morgan fingerprint density at radius 2 is 1.74 bits per heavy atom. The molecule has 0 unspecified atom stereocenters. The Bertz CT molecular complexity index is 938. The molecule has 0 radical (unpaired) electrons. The van der Waals surface area contributed by atoms with Crippen molar-refractivity contribution in [2.24, 2.45) is 5.92 Å². The van der Waals surface area contributed by atoms with E-state index < -0.39 is 15.9 Å². The molecule has 11 heteroatoms. The maximum atomic E-state index is 12.6. The lowest BCUT2D eigenvalue weighted by molar-refractivity contribution is -0.118. The van der Waals surface area contributed by atoms with Crippen LogP contribution >= 0.6 is 11.3 Å². The molecule has 0 atom stereocenters. The van der Waals surface area contributed by atoms with Crippen LogP contribution in [0.2, 0.25) is 0 Å². The Balaban J connectivity index is 2.24. The van der Waals surface area contributed by atoms with Crippen LogP contribution in [0.25, 0.3) is 0 Å². The van der Waals surface area contributed by atoms with Crippen LogP contribution in [0.15, 0.2) is 28.6 Å². The van der Waals surface area contributed by atoms with Gasteiger partial charge in [-0.05, 0) is 26.0 Å². The smallest absolute Gasteiger partial charge is 0.291 e. The van der Waals surface area contributed by atoms with Gasteiger partial charge in [0.2, 0.25) is 11.0 Å². The first-order valence-corrected chi connectivity index (χ1v) is 10.5. The topological polar surface area (TPSA) is 130 Å². The molecule has 0 saturated carbocycles. The van der Waals surface area contributed by atoms with Crippen molar-refractivity contribution in [1.29, 1.82) is 0 Å². The van der Waals surface area contributed by atoms with Gasteiger partial charge in [0, 0.05) is 12.0 Å². The number of carbonyl (C=O) groups excluding carboxylic acids is 2. The van der Waals surface area contributed by atoms with Crippen LogP contribution in [-0.2, 0) is 14.8 Å². The van der Waals surface area contributed by atoms with Crippen molar-refractivity contribution in [2.75, 3.05) is 10.0 Å². The summed E-state index contributed by atoms with van der Waals surface area (Å²) in [5.41, 5.74) is 0.311. The predicted octanol–water partition coefficient (Wildman–Crippen LogP) is 2.07. The zero-order valence-electron chi connectivity index (χ0n) is 15.3. The third-order valence-electron chi connectivity index (χ3n) is 3.23. The Morgan fingerprint density at radius 3 is 2.37 bits per heavy atom. The maximum Gasteiger partial charge on any atom is 0.291 e. The number of hydrogen-bond donors (Lipinski definition) is 3. The van der Waals surface area contributed by atoms with Crippen LogP contribution in [0, 0.1) is 5.92 Å². The molecule has 0 fully saturated rings. The number of anilines is 2. The maximum absolute atomic E-state index is 12.6. The molecule has 0 saturated heterocycles. The number of carbonyl (C=O) groups is 2. The van der Waals surface area contributed by atoms with E-state index in [0.29, 0.717) is 0 Å². The molecule has 146 valence electrons. The largest absolute Gasteiger partial charge is 0.350 e. The molecule has 0 spiro atoms. The number of nitrogens with zero attached hydrogens (tertiary/aromatic N) is 2. The molecule has 3 N–H and O–H groups in total. The highest BCUT2D eigenvalue weighted by molar-refractivity contribution is 7.94. The number of amides is 2. The quantitative estimate of drug-likeness (QED) is 0.598. The average molecular weight is 412 g/mol. The van der Waals surface area contributed by atoms with Gasteiger partial charge >= 0.3 is 0 Å². The van der Waals surface area contributed by atoms with Crippen molar-refractivity contribution >= 4 is 44.0 Å². The standard InChI is InChI=1S/C16H21N5O4S2/c1-9(2)13(22)18-15-19-20-16(26-15)27(24,25)21-12-8-6-5-7-11(12)14(23)17-10(3)4/h5-10,21H,1-4H3,(H,17,23)(H,18,19,22). The van der Waals surface area contributed by atoms with E-state index in [4.69, 9.17) is 0 Å². The minimum absolute atomic E-state index is 0.0833. The fourth-order valence-electron chi connectivity index (χ4n) is 1.92. The third kappa shape index (κ3) is 5.47. The fourth-order valence-corrected chi connectivity index (χ4v) is 3.90. The first kappa shape index (κ1) is 20.8. The van der Waals surface area contributed by atoms with E-state index in [1.165, 1.54) is 12.1 Å². The summed E-state index contributed by atoms with van der Waals surface area (Å²) in [6.45, 7) is 7.02. The summed E-state index contributed by atoms with van der Waals surface area (Å²) in [7, 11) is -4.07. The second kappa shape index (κ2) is 8.44. The van der Waals surface area contributed by atoms with E-state index in [9.17, 15) is 18.0 Å². The molecule has 27 heavy (non-hydrogen) atoms. The number of aromatic nitrogens is 2. The highest BCUT2D eigenvalue weighted by Gasteiger charge is 2.24. The van der Waals surface area contributed by atoms with Crippen LogP contribution in [0.3, 0.4) is 0 Å². The first-order chi connectivity index (χ1) is 12.6. The minimum atomic E-state index is -4.07. The van der Waals surface area contributed by atoms with Crippen molar-refractivity contribution in [3.63, 3.8) is 0 Å². The van der Waals surface area contributed by atoms with Gasteiger partial charge in [-0.25, -0.2) is 0 Å². The van der Waals surface area contributed by atoms with Crippen LogP contribution in [0.5, 0.6) is 0 Å². The number of sulfonamides is 1. The third-order valence-corrected chi connectivity index (χ3v) is 5.80. The molecule has 2 rings (SSSR count). The van der Waals surface area contributed by atoms with Crippen LogP contribution in [0.4, 0.5) is 10.8 Å². The molecule has 0 aliphatic rings. The molecule has 1 aromatic heterocycles. The van der Waals surface area contributed by atoms with Gasteiger partial charge in [0.05, 0.1) is 11.3 Å². The first-order valence-electron chi connectivity index (χ1n) is 8.17. The van der Waals surface area contributed by atoms with Crippen molar-refractivity contribution in [1.82, 2.24) is 15.5 Å². The van der Waals surface area contributed by atoms with Gasteiger partial charge < -0.3 is 10.6 Å². The van der Waals surface area contributed by atoms with E-state index in [1.807, 2.05) is 0 Å². The second-order valence-corrected chi connectivity index (χ2v) is 9.13. The summed E-state index contributed by atoms with van der Waals surface area (Å²) < 4.78 is 27.2. The molecule has 0 aliphatic heterocycles. The number of rotatable bonds is 7. The fraction of sp³-hybridized carbons (Fsp3) is 0.375. The number of para-hydroxylation sites is 1. The normalized spacial score (nSPS) is 11.5. The zero-order valence-corrected chi connectivity index (χ0v) is 16.9. The summed E-state index contributed by atoms with van der Waals surface area (Å²) in [6, 6.07) is 6.15. The van der Waals surface area contributed by atoms with Crippen LogP contribution in [0.1, 0.15) is 38.1 Å². The Kier molecular flexibility index (Phi) is 6.50. The van der Waals surface area contributed by atoms with Gasteiger partial charge in [0.25, 0.3) is 20.3 Å². The Hall–Kier alpha value is -2.53. The number of benzene rings is 1. The lowest BCUT2D eigenvalue weighted by Gasteiger charge is -2.13. The molecular formula is C16H21N5O4S2. The van der Waals surface area contributed by atoms with Crippen LogP contribution < -0.4 is 15.4 Å².